The van der Waals surface area contributed by atoms with Gasteiger partial charge in [-0.3, -0.25) is 4.79 Å². The molecule has 1 aromatic rings. The van der Waals surface area contributed by atoms with Crippen LogP contribution in [0, 0.1) is 24.7 Å². The Morgan fingerprint density at radius 3 is 2.21 bits per heavy atom. The van der Waals surface area contributed by atoms with Crippen molar-refractivity contribution in [3.63, 3.8) is 0 Å². The van der Waals surface area contributed by atoms with E-state index in [0.717, 1.165) is 17.8 Å². The lowest BCUT2D eigenvalue weighted by Gasteiger charge is -2.56. The lowest BCUT2D eigenvalue weighted by atomic mass is 9.53. The van der Waals surface area contributed by atoms with Crippen LogP contribution in [0.3, 0.4) is 0 Å². The van der Waals surface area contributed by atoms with Gasteiger partial charge < -0.3 is 5.32 Å². The van der Waals surface area contributed by atoms with Crippen LogP contribution in [0.1, 0.15) is 54.7 Å². The minimum atomic E-state index is -0.0480. The molecule has 0 radical (unpaired) electrons. The van der Waals surface area contributed by atoms with Crippen molar-refractivity contribution in [1.29, 1.82) is 0 Å². The molecular weight excluding hydrogens is 240 g/mol. The predicted molar refractivity (Wildman–Crippen MR) is 69.5 cm³/mol. The molecule has 4 fully saturated rings. The standard InChI is InChI=1S/C14H20N4O/c1-8-12(17-18-16-8)13(19)15-14-5-9-2-10(6-14)4-11(3-9)7-14/h9-11H,2-7H2,1H3,(H,15,19)(H,16,17,18). The topological polar surface area (TPSA) is 70.7 Å². The van der Waals surface area contributed by atoms with E-state index in [9.17, 15) is 4.79 Å². The highest BCUT2D eigenvalue weighted by atomic mass is 16.2. The second-order valence-electron chi connectivity index (χ2n) is 6.91. The Kier molecular flexibility index (Phi) is 2.29. The fraction of sp³-hybridized carbons (Fsp3) is 0.786. The zero-order valence-electron chi connectivity index (χ0n) is 11.3. The van der Waals surface area contributed by atoms with Crippen LogP contribution in [0.15, 0.2) is 0 Å². The molecule has 0 unspecified atom stereocenters. The molecule has 1 amide bonds. The van der Waals surface area contributed by atoms with Crippen molar-refractivity contribution >= 4 is 5.91 Å². The molecule has 0 atom stereocenters. The molecule has 4 bridgehead atoms. The summed E-state index contributed by atoms with van der Waals surface area (Å²) in [4.78, 5) is 12.4. The first kappa shape index (κ1) is 11.4. The normalized spacial score (nSPS) is 39.5. The summed E-state index contributed by atoms with van der Waals surface area (Å²) in [6, 6.07) is 0. The summed E-state index contributed by atoms with van der Waals surface area (Å²) >= 11 is 0. The highest BCUT2D eigenvalue weighted by Gasteiger charge is 2.51. The van der Waals surface area contributed by atoms with Crippen molar-refractivity contribution in [2.24, 2.45) is 17.8 Å². The number of nitrogens with zero attached hydrogens (tertiary/aromatic N) is 2. The summed E-state index contributed by atoms with van der Waals surface area (Å²) in [6.45, 7) is 1.82. The minimum absolute atomic E-state index is 0.0480. The van der Waals surface area contributed by atoms with Crippen LogP contribution in [0.4, 0.5) is 0 Å². The van der Waals surface area contributed by atoms with Gasteiger partial charge in [0.05, 0.1) is 5.69 Å². The van der Waals surface area contributed by atoms with E-state index in [1.165, 1.54) is 38.5 Å². The highest BCUT2D eigenvalue weighted by Crippen LogP contribution is 2.55. The minimum Gasteiger partial charge on any atom is -0.345 e. The van der Waals surface area contributed by atoms with E-state index in [0.29, 0.717) is 11.4 Å². The SMILES string of the molecule is Cc1n[nH]nc1C(=O)NC12CC3CC(CC(C3)C1)C2. The van der Waals surface area contributed by atoms with Crippen LogP contribution in [0.5, 0.6) is 0 Å². The zero-order chi connectivity index (χ0) is 13.0. The van der Waals surface area contributed by atoms with Gasteiger partial charge in [-0.15, -0.1) is 0 Å². The molecular formula is C14H20N4O. The molecule has 5 nitrogen and oxygen atoms in total. The van der Waals surface area contributed by atoms with Gasteiger partial charge in [-0.2, -0.15) is 15.4 Å². The van der Waals surface area contributed by atoms with Crippen LogP contribution < -0.4 is 5.32 Å². The Balaban J connectivity index is 1.56. The molecule has 102 valence electrons. The maximum absolute atomic E-state index is 12.4. The second kappa shape index (κ2) is 3.81. The van der Waals surface area contributed by atoms with E-state index < -0.39 is 0 Å². The number of aromatic nitrogens is 3. The Morgan fingerprint density at radius 2 is 1.74 bits per heavy atom. The zero-order valence-corrected chi connectivity index (χ0v) is 11.3. The van der Waals surface area contributed by atoms with Crippen molar-refractivity contribution < 1.29 is 4.79 Å². The number of H-pyrrole nitrogens is 1. The van der Waals surface area contributed by atoms with Gasteiger partial charge in [0.1, 0.15) is 0 Å². The van der Waals surface area contributed by atoms with Crippen molar-refractivity contribution in [1.82, 2.24) is 20.7 Å². The van der Waals surface area contributed by atoms with Crippen molar-refractivity contribution in [2.75, 3.05) is 0 Å². The third kappa shape index (κ3) is 1.78. The van der Waals surface area contributed by atoms with Gasteiger partial charge >= 0.3 is 0 Å². The van der Waals surface area contributed by atoms with Crippen LogP contribution >= 0.6 is 0 Å². The van der Waals surface area contributed by atoms with Gasteiger partial charge in [0.2, 0.25) is 0 Å². The molecule has 0 saturated heterocycles. The molecule has 0 spiro atoms. The molecule has 1 heterocycles. The molecule has 5 rings (SSSR count). The summed E-state index contributed by atoms with van der Waals surface area (Å²) in [6.07, 6.45) is 7.67. The van der Waals surface area contributed by atoms with E-state index in [4.69, 9.17) is 0 Å². The summed E-state index contributed by atoms with van der Waals surface area (Å²) < 4.78 is 0. The van der Waals surface area contributed by atoms with E-state index in [1.54, 1.807) is 0 Å². The molecule has 19 heavy (non-hydrogen) atoms. The monoisotopic (exact) mass is 260 g/mol. The summed E-state index contributed by atoms with van der Waals surface area (Å²) in [5.74, 6) is 2.47. The van der Waals surface area contributed by atoms with Gasteiger partial charge in [-0.05, 0) is 63.2 Å². The first-order valence-corrected chi connectivity index (χ1v) is 7.33. The van der Waals surface area contributed by atoms with Crippen LogP contribution in [-0.2, 0) is 0 Å². The third-order valence-electron chi connectivity index (χ3n) is 5.35. The van der Waals surface area contributed by atoms with E-state index in [1.807, 2.05) is 6.92 Å². The number of hydrogen-bond donors (Lipinski definition) is 2. The van der Waals surface area contributed by atoms with Crippen molar-refractivity contribution in [2.45, 2.75) is 51.0 Å². The summed E-state index contributed by atoms with van der Waals surface area (Å²) in [7, 11) is 0. The maximum atomic E-state index is 12.4. The third-order valence-corrected chi connectivity index (χ3v) is 5.35. The molecule has 2 N–H and O–H groups in total. The van der Waals surface area contributed by atoms with E-state index in [-0.39, 0.29) is 11.4 Å². The molecule has 5 heteroatoms. The molecule has 0 aliphatic heterocycles. The number of carbonyl (C=O) groups excluding carboxylic acids is 1. The molecule has 4 saturated carbocycles. The van der Waals surface area contributed by atoms with E-state index >= 15 is 0 Å². The number of hydrogen-bond acceptors (Lipinski definition) is 3. The Hall–Kier alpha value is -1.39. The largest absolute Gasteiger partial charge is 0.345 e. The van der Waals surface area contributed by atoms with Crippen LogP contribution in [0.25, 0.3) is 0 Å². The predicted octanol–water partition coefficient (Wildman–Crippen LogP) is 1.81. The number of aryl methyl sites for hydroxylation is 1. The quantitative estimate of drug-likeness (QED) is 0.852. The number of amides is 1. The Labute approximate surface area is 112 Å². The smallest absolute Gasteiger partial charge is 0.274 e. The molecule has 0 aromatic carbocycles. The fourth-order valence-corrected chi connectivity index (χ4v) is 5.06. The number of nitrogens with one attached hydrogen (secondary N) is 2. The first-order chi connectivity index (χ1) is 9.13. The van der Waals surface area contributed by atoms with Crippen LogP contribution in [0.2, 0.25) is 0 Å². The lowest BCUT2D eigenvalue weighted by molar-refractivity contribution is -0.0168. The van der Waals surface area contributed by atoms with Crippen LogP contribution in [-0.4, -0.2) is 26.9 Å². The van der Waals surface area contributed by atoms with E-state index in [2.05, 4.69) is 20.7 Å². The van der Waals surface area contributed by atoms with Gasteiger partial charge in [-0.25, -0.2) is 0 Å². The highest BCUT2D eigenvalue weighted by molar-refractivity contribution is 5.93. The number of rotatable bonds is 2. The van der Waals surface area contributed by atoms with Crippen molar-refractivity contribution in [3.05, 3.63) is 11.4 Å². The summed E-state index contributed by atoms with van der Waals surface area (Å²) in [5.41, 5.74) is 1.19. The molecule has 4 aliphatic carbocycles. The van der Waals surface area contributed by atoms with Gasteiger partial charge in [-0.1, -0.05) is 0 Å². The molecule has 4 aliphatic rings. The number of aromatic amines is 1. The molecule has 1 aromatic heterocycles. The lowest BCUT2D eigenvalue weighted by Crippen LogP contribution is -2.59. The Bertz CT molecular complexity index is 486. The van der Waals surface area contributed by atoms with Gasteiger partial charge in [0, 0.05) is 5.54 Å². The van der Waals surface area contributed by atoms with Gasteiger partial charge in [0.25, 0.3) is 5.91 Å². The summed E-state index contributed by atoms with van der Waals surface area (Å²) in [5, 5.41) is 13.7. The average molecular weight is 260 g/mol. The average Bonchev–Trinajstić information content (AvgIpc) is 2.72. The Morgan fingerprint density at radius 1 is 1.16 bits per heavy atom. The van der Waals surface area contributed by atoms with Gasteiger partial charge in [0.15, 0.2) is 5.69 Å². The maximum Gasteiger partial charge on any atom is 0.274 e. The van der Waals surface area contributed by atoms with Crippen molar-refractivity contribution in [3.8, 4) is 0 Å². The second-order valence-corrected chi connectivity index (χ2v) is 6.91. The first-order valence-electron chi connectivity index (χ1n) is 7.33. The fourth-order valence-electron chi connectivity index (χ4n) is 5.06. The number of carbonyl (C=O) groups is 1.